The molecule has 0 aliphatic heterocycles. The molecular weight excluding hydrogens is 202 g/mol. The molecule has 0 heterocycles. The van der Waals surface area contributed by atoms with E-state index in [1.165, 1.54) is 4.31 Å². The third-order valence-electron chi connectivity index (χ3n) is 2.34. The van der Waals surface area contributed by atoms with Crippen LogP contribution in [0.15, 0.2) is 0 Å². The van der Waals surface area contributed by atoms with Crippen LogP contribution in [0.3, 0.4) is 0 Å². The lowest BCUT2D eigenvalue weighted by molar-refractivity contribution is 0.451. The van der Waals surface area contributed by atoms with Crippen LogP contribution in [-0.4, -0.2) is 39.4 Å². The molecule has 0 radical (unpaired) electrons. The van der Waals surface area contributed by atoms with E-state index in [9.17, 15) is 8.42 Å². The minimum absolute atomic E-state index is 0.483. The molecule has 0 saturated heterocycles. The maximum absolute atomic E-state index is 11.5. The minimum Gasteiger partial charge on any atom is -0.330 e. The SMILES string of the molecule is CN(CCCN)S(=O)(=O)NCC1CC1. The fourth-order valence-electron chi connectivity index (χ4n) is 1.09. The second-order valence-corrected chi connectivity index (χ2v) is 5.62. The van der Waals surface area contributed by atoms with E-state index in [1.54, 1.807) is 7.05 Å². The van der Waals surface area contributed by atoms with E-state index in [0.717, 1.165) is 12.8 Å². The Balaban J connectivity index is 2.29. The van der Waals surface area contributed by atoms with E-state index in [-0.39, 0.29) is 0 Å². The van der Waals surface area contributed by atoms with E-state index in [4.69, 9.17) is 5.73 Å². The summed E-state index contributed by atoms with van der Waals surface area (Å²) in [6.07, 6.45) is 2.99. The molecule has 14 heavy (non-hydrogen) atoms. The van der Waals surface area contributed by atoms with E-state index < -0.39 is 10.2 Å². The van der Waals surface area contributed by atoms with Gasteiger partial charge >= 0.3 is 0 Å². The number of nitrogens with one attached hydrogen (secondary N) is 1. The fourth-order valence-corrected chi connectivity index (χ4v) is 2.13. The van der Waals surface area contributed by atoms with Crippen LogP contribution in [0, 0.1) is 5.92 Å². The first kappa shape index (κ1) is 11.9. The molecular formula is C8H19N3O2S. The van der Waals surface area contributed by atoms with Gasteiger partial charge in [0.15, 0.2) is 0 Å². The van der Waals surface area contributed by atoms with Gasteiger partial charge in [-0.25, -0.2) is 4.72 Å². The van der Waals surface area contributed by atoms with Crippen LogP contribution >= 0.6 is 0 Å². The van der Waals surface area contributed by atoms with Gasteiger partial charge in [-0.15, -0.1) is 0 Å². The van der Waals surface area contributed by atoms with Gasteiger partial charge in [0.1, 0.15) is 0 Å². The van der Waals surface area contributed by atoms with Crippen molar-refractivity contribution in [1.82, 2.24) is 9.03 Å². The van der Waals surface area contributed by atoms with Gasteiger partial charge in [-0.1, -0.05) is 0 Å². The minimum atomic E-state index is -3.26. The van der Waals surface area contributed by atoms with Crippen molar-refractivity contribution in [2.75, 3.05) is 26.7 Å². The fraction of sp³-hybridized carbons (Fsp3) is 1.00. The van der Waals surface area contributed by atoms with Gasteiger partial charge < -0.3 is 5.73 Å². The molecule has 3 N–H and O–H groups in total. The van der Waals surface area contributed by atoms with Gasteiger partial charge in [0.05, 0.1) is 0 Å². The number of rotatable bonds is 7. The van der Waals surface area contributed by atoms with E-state index in [0.29, 0.717) is 32.0 Å². The van der Waals surface area contributed by atoms with Crippen molar-refractivity contribution in [2.45, 2.75) is 19.3 Å². The highest BCUT2D eigenvalue weighted by Crippen LogP contribution is 2.27. The first-order valence-corrected chi connectivity index (χ1v) is 6.41. The van der Waals surface area contributed by atoms with Crippen molar-refractivity contribution < 1.29 is 8.42 Å². The Kier molecular flexibility index (Phi) is 4.31. The van der Waals surface area contributed by atoms with E-state index in [2.05, 4.69) is 4.72 Å². The average molecular weight is 221 g/mol. The number of hydrogen-bond donors (Lipinski definition) is 2. The summed E-state index contributed by atoms with van der Waals surface area (Å²) in [6, 6.07) is 0. The van der Waals surface area contributed by atoms with Gasteiger partial charge in [0, 0.05) is 20.1 Å². The highest BCUT2D eigenvalue weighted by molar-refractivity contribution is 7.87. The molecule has 0 aromatic carbocycles. The molecule has 1 saturated carbocycles. The molecule has 0 atom stereocenters. The van der Waals surface area contributed by atoms with Crippen LogP contribution in [0.4, 0.5) is 0 Å². The summed E-state index contributed by atoms with van der Waals surface area (Å²) < 4.78 is 27.0. The third kappa shape index (κ3) is 3.91. The molecule has 1 rings (SSSR count). The molecule has 1 fully saturated rings. The second kappa shape index (κ2) is 5.06. The van der Waals surface area contributed by atoms with Crippen molar-refractivity contribution >= 4 is 10.2 Å². The Labute approximate surface area is 85.8 Å². The van der Waals surface area contributed by atoms with Crippen LogP contribution in [0.5, 0.6) is 0 Å². The monoisotopic (exact) mass is 221 g/mol. The van der Waals surface area contributed by atoms with Crippen LogP contribution in [-0.2, 0) is 10.2 Å². The van der Waals surface area contributed by atoms with Gasteiger partial charge in [-0.05, 0) is 31.7 Å². The molecule has 0 aromatic heterocycles. The molecule has 5 nitrogen and oxygen atoms in total. The van der Waals surface area contributed by atoms with Crippen molar-refractivity contribution in [1.29, 1.82) is 0 Å². The zero-order chi connectivity index (χ0) is 10.6. The van der Waals surface area contributed by atoms with Crippen LogP contribution in [0.1, 0.15) is 19.3 Å². The van der Waals surface area contributed by atoms with Crippen molar-refractivity contribution in [3.63, 3.8) is 0 Å². The van der Waals surface area contributed by atoms with Crippen LogP contribution in [0.25, 0.3) is 0 Å². The lowest BCUT2D eigenvalue weighted by Crippen LogP contribution is -2.40. The summed E-state index contributed by atoms with van der Waals surface area (Å²) in [4.78, 5) is 0. The molecule has 0 amide bonds. The molecule has 0 unspecified atom stereocenters. The summed E-state index contributed by atoms with van der Waals surface area (Å²) in [6.45, 7) is 1.58. The number of nitrogens with two attached hydrogens (primary N) is 1. The van der Waals surface area contributed by atoms with Gasteiger partial charge in [0.25, 0.3) is 10.2 Å². The predicted octanol–water partition coefficient (Wildman–Crippen LogP) is -0.489. The molecule has 1 aliphatic carbocycles. The second-order valence-electron chi connectivity index (χ2n) is 3.76. The summed E-state index contributed by atoms with van der Waals surface area (Å²) in [5.74, 6) is 0.563. The van der Waals surface area contributed by atoms with E-state index in [1.807, 2.05) is 0 Å². The Morgan fingerprint density at radius 3 is 2.64 bits per heavy atom. The normalized spacial score (nSPS) is 17.6. The van der Waals surface area contributed by atoms with Crippen LogP contribution in [0.2, 0.25) is 0 Å². The van der Waals surface area contributed by atoms with Gasteiger partial charge in [-0.2, -0.15) is 12.7 Å². The molecule has 6 heteroatoms. The van der Waals surface area contributed by atoms with Gasteiger partial charge in [-0.3, -0.25) is 0 Å². The standard InChI is InChI=1S/C8H19N3O2S/c1-11(6-2-5-9)14(12,13)10-7-8-3-4-8/h8,10H,2-7,9H2,1H3. The number of nitrogens with zero attached hydrogens (tertiary/aromatic N) is 1. The highest BCUT2D eigenvalue weighted by atomic mass is 32.2. The summed E-state index contributed by atoms with van der Waals surface area (Å²) >= 11 is 0. The van der Waals surface area contributed by atoms with E-state index >= 15 is 0 Å². The zero-order valence-electron chi connectivity index (χ0n) is 8.57. The Hall–Kier alpha value is -0.170. The average Bonchev–Trinajstić information content (AvgIpc) is 2.94. The van der Waals surface area contributed by atoms with Crippen LogP contribution < -0.4 is 10.5 Å². The highest BCUT2D eigenvalue weighted by Gasteiger charge is 2.24. The third-order valence-corrected chi connectivity index (χ3v) is 3.87. The number of hydrogen-bond acceptors (Lipinski definition) is 3. The molecule has 0 bridgehead atoms. The Morgan fingerprint density at radius 1 is 1.50 bits per heavy atom. The predicted molar refractivity (Wildman–Crippen MR) is 55.9 cm³/mol. The lowest BCUT2D eigenvalue weighted by atomic mass is 10.4. The molecule has 1 aliphatic rings. The topological polar surface area (TPSA) is 75.4 Å². The van der Waals surface area contributed by atoms with Crippen molar-refractivity contribution in [3.05, 3.63) is 0 Å². The van der Waals surface area contributed by atoms with Crippen molar-refractivity contribution in [2.24, 2.45) is 11.7 Å². The summed E-state index contributed by atoms with van der Waals surface area (Å²) in [7, 11) is -1.69. The van der Waals surface area contributed by atoms with Gasteiger partial charge in [0.2, 0.25) is 0 Å². The molecule has 0 spiro atoms. The largest absolute Gasteiger partial charge is 0.330 e. The lowest BCUT2D eigenvalue weighted by Gasteiger charge is -2.16. The Morgan fingerprint density at radius 2 is 2.14 bits per heavy atom. The maximum atomic E-state index is 11.5. The zero-order valence-corrected chi connectivity index (χ0v) is 9.39. The first-order valence-electron chi connectivity index (χ1n) is 4.97. The summed E-state index contributed by atoms with van der Waals surface area (Å²) in [5.41, 5.74) is 5.31. The smallest absolute Gasteiger partial charge is 0.279 e. The summed E-state index contributed by atoms with van der Waals surface area (Å²) in [5, 5.41) is 0. The Bertz CT molecular complexity index is 262. The first-order chi connectivity index (χ1) is 6.56. The molecule has 0 aromatic rings. The maximum Gasteiger partial charge on any atom is 0.279 e. The quantitative estimate of drug-likeness (QED) is 0.609. The molecule has 84 valence electrons. The van der Waals surface area contributed by atoms with Crippen molar-refractivity contribution in [3.8, 4) is 0 Å².